The summed E-state index contributed by atoms with van der Waals surface area (Å²) in [5.41, 5.74) is 7.61. The number of rotatable bonds is 3. The van der Waals surface area contributed by atoms with E-state index in [2.05, 4.69) is 29.3 Å². The van der Waals surface area contributed by atoms with Crippen LogP contribution >= 0.6 is 0 Å². The number of piperidine rings is 1. The van der Waals surface area contributed by atoms with Gasteiger partial charge >= 0.3 is 0 Å². The molecule has 1 atom stereocenters. The number of carbonyl (C=O) groups excluding carboxylic acids is 1. The van der Waals surface area contributed by atoms with Crippen molar-refractivity contribution in [3.05, 3.63) is 59.2 Å². The summed E-state index contributed by atoms with van der Waals surface area (Å²) in [6, 6.07) is 14.2. The summed E-state index contributed by atoms with van der Waals surface area (Å²) in [5.74, 6) is 1.61. The van der Waals surface area contributed by atoms with Crippen LogP contribution in [0.2, 0.25) is 0 Å². The molecule has 154 valence electrons. The smallest absolute Gasteiger partial charge is 0.253 e. The predicted molar refractivity (Wildman–Crippen MR) is 118 cm³/mol. The number of fused-ring (bicyclic) bond motifs is 3. The monoisotopic (exact) mass is 401 g/mol. The number of aromatic amines is 1. The summed E-state index contributed by atoms with van der Waals surface area (Å²) >= 11 is 0. The van der Waals surface area contributed by atoms with Crippen LogP contribution in [0.4, 0.5) is 0 Å². The van der Waals surface area contributed by atoms with Crippen LogP contribution in [0.3, 0.4) is 0 Å². The fraction of sp³-hybridized carbons (Fsp3) is 0.360. The number of methoxy groups -OCH3 is 1. The van der Waals surface area contributed by atoms with Gasteiger partial charge < -0.3 is 9.64 Å². The van der Waals surface area contributed by atoms with Gasteiger partial charge in [0.05, 0.1) is 18.5 Å². The zero-order valence-corrected chi connectivity index (χ0v) is 17.6. The molecule has 0 spiro atoms. The highest BCUT2D eigenvalue weighted by Crippen LogP contribution is 2.38. The van der Waals surface area contributed by atoms with Gasteiger partial charge in [-0.1, -0.05) is 19.1 Å². The van der Waals surface area contributed by atoms with Crippen molar-refractivity contribution in [2.75, 3.05) is 20.2 Å². The van der Waals surface area contributed by atoms with E-state index in [4.69, 9.17) is 4.74 Å². The minimum Gasteiger partial charge on any atom is -0.497 e. The summed E-state index contributed by atoms with van der Waals surface area (Å²) in [5, 5.41) is 7.88. The van der Waals surface area contributed by atoms with Gasteiger partial charge in [-0.15, -0.1) is 0 Å². The van der Waals surface area contributed by atoms with E-state index >= 15 is 0 Å². The zero-order valence-electron chi connectivity index (χ0n) is 17.6. The van der Waals surface area contributed by atoms with Gasteiger partial charge in [-0.3, -0.25) is 9.89 Å². The molecule has 1 aliphatic carbocycles. The van der Waals surface area contributed by atoms with Crippen molar-refractivity contribution in [1.82, 2.24) is 15.1 Å². The Balaban J connectivity index is 1.41. The van der Waals surface area contributed by atoms with Gasteiger partial charge in [-0.25, -0.2) is 0 Å². The maximum absolute atomic E-state index is 12.9. The average Bonchev–Trinajstić information content (AvgIpc) is 3.23. The van der Waals surface area contributed by atoms with Crippen LogP contribution in [-0.2, 0) is 12.8 Å². The number of aryl methyl sites for hydroxylation is 1. The van der Waals surface area contributed by atoms with Gasteiger partial charge in [0.15, 0.2) is 0 Å². The molecule has 1 saturated heterocycles. The summed E-state index contributed by atoms with van der Waals surface area (Å²) in [7, 11) is 1.70. The lowest BCUT2D eigenvalue weighted by Crippen LogP contribution is -2.39. The maximum Gasteiger partial charge on any atom is 0.253 e. The average molecular weight is 402 g/mol. The van der Waals surface area contributed by atoms with Crippen LogP contribution in [0.25, 0.3) is 22.5 Å². The molecule has 1 N–H and O–H groups in total. The number of likely N-dealkylation sites (tertiary alicyclic amines) is 1. The first-order valence-corrected chi connectivity index (χ1v) is 10.8. The third kappa shape index (κ3) is 3.28. The van der Waals surface area contributed by atoms with Crippen molar-refractivity contribution >= 4 is 5.91 Å². The second-order valence-corrected chi connectivity index (χ2v) is 8.52. The van der Waals surface area contributed by atoms with Crippen LogP contribution in [-0.4, -0.2) is 41.2 Å². The Labute approximate surface area is 177 Å². The summed E-state index contributed by atoms with van der Waals surface area (Å²) in [4.78, 5) is 14.9. The SMILES string of the molecule is COc1ccc2c(c1)CCc1c(-c3ccc(C(=O)N4CCCC(C)C4)cc3)n[nH]c1-2. The largest absolute Gasteiger partial charge is 0.497 e. The number of ether oxygens (including phenoxy) is 1. The van der Waals surface area contributed by atoms with E-state index < -0.39 is 0 Å². The van der Waals surface area contributed by atoms with E-state index in [9.17, 15) is 4.79 Å². The number of hydrogen-bond acceptors (Lipinski definition) is 3. The van der Waals surface area contributed by atoms with Crippen LogP contribution in [0, 0.1) is 5.92 Å². The van der Waals surface area contributed by atoms with E-state index in [0.29, 0.717) is 5.92 Å². The minimum atomic E-state index is 0.139. The third-order valence-electron chi connectivity index (χ3n) is 6.44. The summed E-state index contributed by atoms with van der Waals surface area (Å²) in [6.07, 6.45) is 4.21. The number of H-pyrrole nitrogens is 1. The normalized spacial score (nSPS) is 17.9. The van der Waals surface area contributed by atoms with Crippen LogP contribution in [0.15, 0.2) is 42.5 Å². The maximum atomic E-state index is 12.9. The van der Waals surface area contributed by atoms with Crippen LogP contribution in [0.5, 0.6) is 5.75 Å². The van der Waals surface area contributed by atoms with Gasteiger partial charge in [0, 0.05) is 35.3 Å². The molecule has 2 aromatic carbocycles. The summed E-state index contributed by atoms with van der Waals surface area (Å²) in [6.45, 7) is 3.94. The molecule has 1 aliphatic heterocycles. The molecule has 30 heavy (non-hydrogen) atoms. The first-order valence-electron chi connectivity index (χ1n) is 10.8. The molecule has 0 radical (unpaired) electrons. The van der Waals surface area contributed by atoms with Gasteiger partial charge in [-0.2, -0.15) is 5.10 Å². The molecular weight excluding hydrogens is 374 g/mol. The highest BCUT2D eigenvalue weighted by atomic mass is 16.5. The second kappa shape index (κ2) is 7.63. The zero-order chi connectivity index (χ0) is 20.7. The quantitative estimate of drug-likeness (QED) is 0.691. The fourth-order valence-electron chi connectivity index (χ4n) is 4.80. The van der Waals surface area contributed by atoms with Crippen LogP contribution < -0.4 is 4.74 Å². The van der Waals surface area contributed by atoms with Crippen LogP contribution in [0.1, 0.15) is 41.3 Å². The number of carbonyl (C=O) groups is 1. The fourth-order valence-corrected chi connectivity index (χ4v) is 4.80. The number of benzene rings is 2. The molecule has 2 heterocycles. The first kappa shape index (κ1) is 18.9. The van der Waals surface area contributed by atoms with Crippen molar-refractivity contribution in [2.45, 2.75) is 32.6 Å². The molecule has 3 aromatic rings. The Bertz CT molecular complexity index is 1080. The van der Waals surface area contributed by atoms with Gasteiger partial charge in [0.1, 0.15) is 5.75 Å². The Kier molecular flexibility index (Phi) is 4.81. The standard InChI is InChI=1S/C25H27N3O2/c1-16-4-3-13-28(15-16)25(29)18-7-5-17(6-8-18)23-22-11-9-19-14-20(30-2)10-12-21(19)24(22)27-26-23/h5-8,10,12,14,16H,3-4,9,11,13,15H2,1-2H3,(H,26,27). The predicted octanol–water partition coefficient (Wildman–Crippen LogP) is 4.72. The van der Waals surface area contributed by atoms with E-state index in [0.717, 1.165) is 60.6 Å². The van der Waals surface area contributed by atoms with E-state index in [1.807, 2.05) is 35.2 Å². The highest BCUT2D eigenvalue weighted by Gasteiger charge is 2.24. The molecule has 0 saturated carbocycles. The Morgan fingerprint density at radius 1 is 1.17 bits per heavy atom. The minimum absolute atomic E-state index is 0.139. The lowest BCUT2D eigenvalue weighted by atomic mass is 9.87. The number of aromatic nitrogens is 2. The van der Waals surface area contributed by atoms with Crippen molar-refractivity contribution < 1.29 is 9.53 Å². The van der Waals surface area contributed by atoms with Gasteiger partial charge in [0.25, 0.3) is 5.91 Å². The van der Waals surface area contributed by atoms with E-state index in [1.165, 1.54) is 23.1 Å². The Morgan fingerprint density at radius 3 is 2.77 bits per heavy atom. The molecule has 2 aliphatic rings. The van der Waals surface area contributed by atoms with Crippen molar-refractivity contribution in [1.29, 1.82) is 0 Å². The molecule has 5 rings (SSSR count). The topological polar surface area (TPSA) is 58.2 Å². The van der Waals surface area contributed by atoms with E-state index in [-0.39, 0.29) is 5.91 Å². The van der Waals surface area contributed by atoms with Gasteiger partial charge in [-0.05, 0) is 67.5 Å². The Morgan fingerprint density at radius 2 is 2.00 bits per heavy atom. The Hall–Kier alpha value is -3.08. The molecule has 1 unspecified atom stereocenters. The molecule has 1 amide bonds. The highest BCUT2D eigenvalue weighted by molar-refractivity contribution is 5.95. The molecular formula is C25H27N3O2. The van der Waals surface area contributed by atoms with Crippen molar-refractivity contribution in [3.8, 4) is 28.3 Å². The lowest BCUT2D eigenvalue weighted by Gasteiger charge is -2.31. The van der Waals surface area contributed by atoms with E-state index in [1.54, 1.807) is 7.11 Å². The number of nitrogens with one attached hydrogen (secondary N) is 1. The molecule has 0 bridgehead atoms. The van der Waals surface area contributed by atoms with Crippen molar-refractivity contribution in [2.24, 2.45) is 5.92 Å². The second-order valence-electron chi connectivity index (χ2n) is 8.52. The molecule has 1 fully saturated rings. The lowest BCUT2D eigenvalue weighted by molar-refractivity contribution is 0.0683. The first-order chi connectivity index (χ1) is 14.6. The molecule has 1 aromatic heterocycles. The third-order valence-corrected chi connectivity index (χ3v) is 6.44. The number of nitrogens with zero attached hydrogens (tertiary/aromatic N) is 2. The number of amides is 1. The summed E-state index contributed by atoms with van der Waals surface area (Å²) < 4.78 is 5.37. The van der Waals surface area contributed by atoms with Crippen molar-refractivity contribution in [3.63, 3.8) is 0 Å². The molecule has 5 heteroatoms. The molecule has 5 nitrogen and oxygen atoms in total. The number of hydrogen-bond donors (Lipinski definition) is 1. The van der Waals surface area contributed by atoms with Gasteiger partial charge in [0.2, 0.25) is 0 Å².